The Kier molecular flexibility index (Phi) is 9.06. The molecule has 1 aliphatic rings. The maximum atomic E-state index is 12.8. The molecule has 3 N–H and O–H groups in total. The van der Waals surface area contributed by atoms with Crippen molar-refractivity contribution in [3.63, 3.8) is 0 Å². The first kappa shape index (κ1) is 28.3. The summed E-state index contributed by atoms with van der Waals surface area (Å²) in [5.41, 5.74) is -0.785. The number of ether oxygens (including phenoxy) is 4. The smallest absolute Gasteiger partial charge is 0.352 e. The molecule has 3 rings (SSSR count). The molecule has 0 bridgehead atoms. The fourth-order valence-corrected chi connectivity index (χ4v) is 3.52. The second-order valence-corrected chi connectivity index (χ2v) is 9.13. The normalized spacial score (nSPS) is 23.6. The Balaban J connectivity index is 1.66. The minimum absolute atomic E-state index is 0.181. The molecule has 0 spiro atoms. The number of esters is 2. The predicted molar refractivity (Wildman–Crippen MR) is 130 cm³/mol. The molecule has 37 heavy (non-hydrogen) atoms. The van der Waals surface area contributed by atoms with Crippen molar-refractivity contribution >= 4 is 29.3 Å². The average Bonchev–Trinajstić information content (AvgIpc) is 2.87. The first-order chi connectivity index (χ1) is 17.4. The van der Waals surface area contributed by atoms with E-state index in [-0.39, 0.29) is 18.1 Å². The van der Waals surface area contributed by atoms with E-state index >= 15 is 0 Å². The zero-order valence-corrected chi connectivity index (χ0v) is 20.8. The van der Waals surface area contributed by atoms with E-state index < -0.39 is 48.2 Å². The highest BCUT2D eigenvalue weighted by Crippen LogP contribution is 2.27. The lowest BCUT2D eigenvalue weighted by molar-refractivity contribution is -0.290. The van der Waals surface area contributed by atoms with Gasteiger partial charge in [0.1, 0.15) is 30.7 Å². The van der Waals surface area contributed by atoms with Gasteiger partial charge in [-0.15, -0.1) is 0 Å². The molecule has 0 saturated carbocycles. The number of rotatable bonds is 9. The van der Waals surface area contributed by atoms with Crippen LogP contribution in [0.4, 0.5) is 0 Å². The second-order valence-electron chi connectivity index (χ2n) is 8.69. The first-order valence-electron chi connectivity index (χ1n) is 11.2. The Morgan fingerprint density at radius 1 is 0.973 bits per heavy atom. The third kappa shape index (κ3) is 6.73. The summed E-state index contributed by atoms with van der Waals surface area (Å²) in [6.07, 6.45) is -7.75. The first-order valence-corrected chi connectivity index (χ1v) is 11.6. The maximum Gasteiger partial charge on any atom is 0.352 e. The van der Waals surface area contributed by atoms with Crippen molar-refractivity contribution < 1.29 is 48.7 Å². The van der Waals surface area contributed by atoms with Crippen molar-refractivity contribution in [2.24, 2.45) is 0 Å². The average molecular weight is 535 g/mol. The monoisotopic (exact) mass is 534 g/mol. The van der Waals surface area contributed by atoms with Crippen LogP contribution in [-0.4, -0.2) is 76.0 Å². The van der Waals surface area contributed by atoms with Gasteiger partial charge < -0.3 is 34.3 Å². The molecule has 198 valence electrons. The van der Waals surface area contributed by atoms with E-state index in [4.69, 9.17) is 30.5 Å². The zero-order chi connectivity index (χ0) is 27.3. The van der Waals surface area contributed by atoms with Crippen molar-refractivity contribution in [2.45, 2.75) is 50.2 Å². The summed E-state index contributed by atoms with van der Waals surface area (Å²) in [6.45, 7) is 5.99. The molecule has 11 heteroatoms. The summed E-state index contributed by atoms with van der Waals surface area (Å²) in [5, 5.41) is 30.9. The molecule has 0 amide bonds. The quantitative estimate of drug-likeness (QED) is 0.247. The number of aliphatic hydroxyl groups is 3. The van der Waals surface area contributed by atoms with Gasteiger partial charge in [-0.05, 0) is 62.4 Å². The van der Waals surface area contributed by atoms with E-state index in [1.807, 2.05) is 0 Å². The summed E-state index contributed by atoms with van der Waals surface area (Å²) in [4.78, 5) is 37.6. The van der Waals surface area contributed by atoms with Crippen LogP contribution in [0.5, 0.6) is 5.75 Å². The maximum absolute atomic E-state index is 12.8. The topological polar surface area (TPSA) is 149 Å². The summed E-state index contributed by atoms with van der Waals surface area (Å²) >= 11 is 5.86. The fourth-order valence-electron chi connectivity index (χ4n) is 3.39. The number of ketones is 1. The minimum atomic E-state index is -1.86. The van der Waals surface area contributed by atoms with Crippen LogP contribution >= 0.6 is 11.6 Å². The van der Waals surface area contributed by atoms with E-state index in [9.17, 15) is 29.7 Å². The summed E-state index contributed by atoms with van der Waals surface area (Å²) in [5.74, 6) is -2.03. The van der Waals surface area contributed by atoms with Gasteiger partial charge in [0.15, 0.2) is 17.5 Å². The molecule has 0 aromatic heterocycles. The molecule has 1 aliphatic heterocycles. The predicted octanol–water partition coefficient (Wildman–Crippen LogP) is 1.81. The van der Waals surface area contributed by atoms with Crippen LogP contribution in [-0.2, 0) is 23.8 Å². The SMILES string of the molecule is C=CCOC(=O)[C@@H]1O[C@@H](OC(=O)C(C)(C)Oc2ccc(C(=O)c3ccc(Cl)cc3)cc2)[C@@H](O)[C@H](O)[C@@H]1O. The van der Waals surface area contributed by atoms with Crippen molar-refractivity contribution in [3.8, 4) is 5.75 Å². The van der Waals surface area contributed by atoms with Gasteiger partial charge in [0.05, 0.1) is 0 Å². The number of hydrogen-bond acceptors (Lipinski definition) is 10. The Hall–Kier alpha value is -3.28. The van der Waals surface area contributed by atoms with E-state index in [0.29, 0.717) is 16.1 Å². The molecule has 1 heterocycles. The van der Waals surface area contributed by atoms with Crippen LogP contribution in [0.25, 0.3) is 0 Å². The number of carbonyl (C=O) groups is 3. The molecule has 2 aromatic rings. The minimum Gasteiger partial charge on any atom is -0.476 e. The van der Waals surface area contributed by atoms with Crippen molar-refractivity contribution in [1.82, 2.24) is 0 Å². The molecular formula is C26H27ClO10. The van der Waals surface area contributed by atoms with E-state index in [1.165, 1.54) is 44.2 Å². The van der Waals surface area contributed by atoms with Crippen LogP contribution in [0.2, 0.25) is 5.02 Å². The van der Waals surface area contributed by atoms with Gasteiger partial charge in [-0.2, -0.15) is 0 Å². The van der Waals surface area contributed by atoms with Crippen LogP contribution in [0.1, 0.15) is 29.8 Å². The molecule has 0 radical (unpaired) electrons. The summed E-state index contributed by atoms with van der Waals surface area (Å²) < 4.78 is 20.9. The van der Waals surface area contributed by atoms with Gasteiger partial charge in [-0.25, -0.2) is 9.59 Å². The molecule has 5 atom stereocenters. The Morgan fingerprint density at radius 2 is 1.54 bits per heavy atom. The van der Waals surface area contributed by atoms with Gasteiger partial charge >= 0.3 is 11.9 Å². The number of benzene rings is 2. The number of aliphatic hydroxyl groups excluding tert-OH is 3. The van der Waals surface area contributed by atoms with Crippen LogP contribution < -0.4 is 4.74 Å². The van der Waals surface area contributed by atoms with Crippen molar-refractivity contribution in [3.05, 3.63) is 77.3 Å². The van der Waals surface area contributed by atoms with Crippen LogP contribution in [0, 0.1) is 0 Å². The Bertz CT molecular complexity index is 1130. The highest BCUT2D eigenvalue weighted by Gasteiger charge is 2.50. The fraction of sp³-hybridized carbons (Fsp3) is 0.346. The standard InChI is InChI=1S/C26H27ClO10/c1-4-13-34-23(32)22-20(30)19(29)21(31)24(35-22)36-25(33)26(2,3)37-17-11-7-15(8-12-17)18(28)14-5-9-16(27)10-6-14/h4-12,19-22,24,29-31H,1,13H2,2-3H3/t19-,20+,21+,22-,24+/m1/s1. The molecule has 0 aliphatic carbocycles. The molecule has 10 nitrogen and oxygen atoms in total. The number of carbonyl (C=O) groups excluding carboxylic acids is 3. The van der Waals surface area contributed by atoms with E-state index in [2.05, 4.69) is 6.58 Å². The number of halogens is 1. The van der Waals surface area contributed by atoms with Crippen molar-refractivity contribution in [2.75, 3.05) is 6.61 Å². The lowest BCUT2D eigenvalue weighted by atomic mass is 9.99. The Morgan fingerprint density at radius 3 is 2.11 bits per heavy atom. The van der Waals surface area contributed by atoms with E-state index in [0.717, 1.165) is 0 Å². The molecular weight excluding hydrogens is 508 g/mol. The summed E-state index contributed by atoms with van der Waals surface area (Å²) in [7, 11) is 0. The second kappa shape index (κ2) is 11.8. The van der Waals surface area contributed by atoms with Gasteiger partial charge in [0, 0.05) is 16.1 Å². The molecule has 2 aromatic carbocycles. The zero-order valence-electron chi connectivity index (χ0n) is 20.1. The van der Waals surface area contributed by atoms with E-state index in [1.54, 1.807) is 24.3 Å². The largest absolute Gasteiger partial charge is 0.476 e. The van der Waals surface area contributed by atoms with Gasteiger partial charge in [-0.3, -0.25) is 4.79 Å². The Labute approximate surface area is 218 Å². The van der Waals surface area contributed by atoms with Crippen molar-refractivity contribution in [1.29, 1.82) is 0 Å². The molecule has 1 fully saturated rings. The lowest BCUT2D eigenvalue weighted by Gasteiger charge is -2.39. The third-order valence-corrected chi connectivity index (χ3v) is 5.71. The number of hydrogen-bond donors (Lipinski definition) is 3. The highest BCUT2D eigenvalue weighted by atomic mass is 35.5. The highest BCUT2D eigenvalue weighted by molar-refractivity contribution is 6.30. The van der Waals surface area contributed by atoms with Gasteiger partial charge in [0.2, 0.25) is 6.29 Å². The molecule has 0 unspecified atom stereocenters. The van der Waals surface area contributed by atoms with Gasteiger partial charge in [0.25, 0.3) is 0 Å². The van der Waals surface area contributed by atoms with Crippen LogP contribution in [0.3, 0.4) is 0 Å². The lowest BCUT2D eigenvalue weighted by Crippen LogP contribution is -2.61. The third-order valence-electron chi connectivity index (χ3n) is 5.46. The van der Waals surface area contributed by atoms with Crippen LogP contribution in [0.15, 0.2) is 61.2 Å². The van der Waals surface area contributed by atoms with Gasteiger partial charge in [-0.1, -0.05) is 24.3 Å². The summed E-state index contributed by atoms with van der Waals surface area (Å²) in [6, 6.07) is 12.5. The molecule has 1 saturated heterocycles.